The third-order valence-corrected chi connectivity index (χ3v) is 3.55. The topological polar surface area (TPSA) is 46.5 Å². The van der Waals surface area contributed by atoms with Gasteiger partial charge in [0, 0.05) is 0 Å². The molecule has 2 unspecified atom stereocenters. The number of carboxylic acid groups (broad SMARTS) is 1. The second-order valence-corrected chi connectivity index (χ2v) is 5.32. The number of aryl methyl sites for hydroxylation is 1. The Morgan fingerprint density at radius 1 is 1.39 bits per heavy atom. The zero-order chi connectivity index (χ0) is 13.1. The molecule has 1 saturated carbocycles. The molecule has 1 aromatic rings. The molecule has 1 fully saturated rings. The summed E-state index contributed by atoms with van der Waals surface area (Å²) in [6.45, 7) is 4.17. The monoisotopic (exact) mass is 248 g/mol. The summed E-state index contributed by atoms with van der Waals surface area (Å²) in [4.78, 5) is 11.2. The Morgan fingerprint density at radius 3 is 2.83 bits per heavy atom. The molecule has 18 heavy (non-hydrogen) atoms. The fourth-order valence-electron chi connectivity index (χ4n) is 2.57. The summed E-state index contributed by atoms with van der Waals surface area (Å²) in [6.07, 6.45) is 4.62. The lowest BCUT2D eigenvalue weighted by atomic mass is 9.88. The first kappa shape index (κ1) is 12.9. The van der Waals surface area contributed by atoms with Crippen molar-refractivity contribution in [3.63, 3.8) is 0 Å². The summed E-state index contributed by atoms with van der Waals surface area (Å²) in [5.41, 5.74) is 1.29. The first-order valence-electron chi connectivity index (χ1n) is 6.57. The minimum absolute atomic E-state index is 0.161. The van der Waals surface area contributed by atoms with Crippen LogP contribution in [0.5, 0.6) is 5.75 Å². The van der Waals surface area contributed by atoms with Crippen LogP contribution >= 0.6 is 0 Å². The van der Waals surface area contributed by atoms with Gasteiger partial charge in [-0.3, -0.25) is 0 Å². The molecule has 0 saturated heterocycles. The van der Waals surface area contributed by atoms with E-state index in [2.05, 4.69) is 6.92 Å². The number of ether oxygens (including phenoxy) is 1. The van der Waals surface area contributed by atoms with Crippen LogP contribution in [0.4, 0.5) is 0 Å². The number of carbonyl (C=O) groups is 1. The molecule has 0 bridgehead atoms. The van der Waals surface area contributed by atoms with E-state index in [-0.39, 0.29) is 11.7 Å². The van der Waals surface area contributed by atoms with Crippen molar-refractivity contribution in [2.45, 2.75) is 45.6 Å². The van der Waals surface area contributed by atoms with Crippen LogP contribution in [-0.4, -0.2) is 17.2 Å². The predicted molar refractivity (Wildman–Crippen MR) is 70.2 cm³/mol. The molecular weight excluding hydrogens is 228 g/mol. The zero-order valence-electron chi connectivity index (χ0n) is 11.0. The Bertz CT molecular complexity index is 439. The maximum absolute atomic E-state index is 11.2. The lowest BCUT2D eigenvalue weighted by molar-refractivity contribution is 0.0683. The van der Waals surface area contributed by atoms with E-state index in [1.54, 1.807) is 12.1 Å². The van der Waals surface area contributed by atoms with Crippen molar-refractivity contribution in [2.24, 2.45) is 5.92 Å². The summed E-state index contributed by atoms with van der Waals surface area (Å²) in [5.74, 6) is 0.261. The fourth-order valence-corrected chi connectivity index (χ4v) is 2.57. The van der Waals surface area contributed by atoms with Crippen LogP contribution in [0.1, 0.15) is 48.5 Å². The van der Waals surface area contributed by atoms with Gasteiger partial charge in [0.15, 0.2) is 0 Å². The Kier molecular flexibility index (Phi) is 3.90. The van der Waals surface area contributed by atoms with Gasteiger partial charge in [-0.2, -0.15) is 0 Å². The van der Waals surface area contributed by atoms with Gasteiger partial charge in [0.2, 0.25) is 0 Å². The Balaban J connectivity index is 2.16. The van der Waals surface area contributed by atoms with Crippen molar-refractivity contribution in [3.8, 4) is 5.75 Å². The molecule has 0 amide bonds. The van der Waals surface area contributed by atoms with E-state index in [1.807, 2.05) is 13.0 Å². The molecule has 1 aliphatic rings. The molecule has 0 heterocycles. The van der Waals surface area contributed by atoms with E-state index >= 15 is 0 Å². The molecule has 0 radical (unpaired) electrons. The summed E-state index contributed by atoms with van der Waals surface area (Å²) in [6, 6.07) is 5.25. The second kappa shape index (κ2) is 5.42. The highest BCUT2D eigenvalue weighted by atomic mass is 16.5. The van der Waals surface area contributed by atoms with Crippen molar-refractivity contribution in [1.82, 2.24) is 0 Å². The average molecular weight is 248 g/mol. The molecular formula is C15H20O3. The Hall–Kier alpha value is -1.51. The van der Waals surface area contributed by atoms with Crippen LogP contribution in [0.15, 0.2) is 18.2 Å². The molecule has 1 aromatic carbocycles. The molecule has 3 heteroatoms. The number of rotatable bonds is 3. The molecule has 2 rings (SSSR count). The smallest absolute Gasteiger partial charge is 0.339 e. The Morgan fingerprint density at radius 2 is 2.17 bits per heavy atom. The van der Waals surface area contributed by atoms with E-state index in [9.17, 15) is 4.79 Å². The molecule has 1 N–H and O–H groups in total. The quantitative estimate of drug-likeness (QED) is 0.888. The van der Waals surface area contributed by atoms with Gasteiger partial charge < -0.3 is 9.84 Å². The SMILES string of the molecule is Cc1ccc(C(=O)O)c(OC2CCCC(C)C2)c1. The Labute approximate surface area is 108 Å². The maximum Gasteiger partial charge on any atom is 0.339 e. The van der Waals surface area contributed by atoms with Gasteiger partial charge in [-0.15, -0.1) is 0 Å². The number of benzene rings is 1. The first-order valence-corrected chi connectivity index (χ1v) is 6.57. The third kappa shape index (κ3) is 3.03. The highest BCUT2D eigenvalue weighted by Gasteiger charge is 2.22. The van der Waals surface area contributed by atoms with Crippen LogP contribution in [0.2, 0.25) is 0 Å². The summed E-state index contributed by atoms with van der Waals surface area (Å²) in [5, 5.41) is 9.16. The summed E-state index contributed by atoms with van der Waals surface area (Å²) in [7, 11) is 0. The molecule has 3 nitrogen and oxygen atoms in total. The molecule has 2 atom stereocenters. The van der Waals surface area contributed by atoms with E-state index in [1.165, 1.54) is 12.8 Å². The maximum atomic E-state index is 11.2. The fraction of sp³-hybridized carbons (Fsp3) is 0.533. The van der Waals surface area contributed by atoms with Crippen LogP contribution in [0.3, 0.4) is 0 Å². The van der Waals surface area contributed by atoms with Crippen molar-refractivity contribution >= 4 is 5.97 Å². The van der Waals surface area contributed by atoms with Crippen LogP contribution in [0, 0.1) is 12.8 Å². The summed E-state index contributed by atoms with van der Waals surface area (Å²) >= 11 is 0. The lowest BCUT2D eigenvalue weighted by Crippen LogP contribution is -2.24. The highest BCUT2D eigenvalue weighted by Crippen LogP contribution is 2.29. The summed E-state index contributed by atoms with van der Waals surface area (Å²) < 4.78 is 5.92. The molecule has 0 aliphatic heterocycles. The van der Waals surface area contributed by atoms with Crippen molar-refractivity contribution in [1.29, 1.82) is 0 Å². The van der Waals surface area contributed by atoms with Gasteiger partial charge in [0.1, 0.15) is 11.3 Å². The van der Waals surface area contributed by atoms with Gasteiger partial charge in [-0.25, -0.2) is 4.79 Å². The van der Waals surface area contributed by atoms with Crippen LogP contribution in [0.25, 0.3) is 0 Å². The minimum Gasteiger partial charge on any atom is -0.490 e. The standard InChI is InChI=1S/C15H20O3/c1-10-4-3-5-12(8-10)18-14-9-11(2)6-7-13(14)15(16)17/h6-7,9-10,12H,3-5,8H2,1-2H3,(H,16,17). The minimum atomic E-state index is -0.922. The number of aromatic carboxylic acids is 1. The van der Waals surface area contributed by atoms with Crippen molar-refractivity contribution < 1.29 is 14.6 Å². The van der Waals surface area contributed by atoms with Crippen molar-refractivity contribution in [2.75, 3.05) is 0 Å². The molecule has 1 aliphatic carbocycles. The number of hydrogen-bond donors (Lipinski definition) is 1. The van der Waals surface area contributed by atoms with Crippen LogP contribution in [-0.2, 0) is 0 Å². The van der Waals surface area contributed by atoms with E-state index in [4.69, 9.17) is 9.84 Å². The molecule has 0 aromatic heterocycles. The van der Waals surface area contributed by atoms with E-state index < -0.39 is 5.97 Å². The van der Waals surface area contributed by atoms with Gasteiger partial charge in [-0.1, -0.05) is 19.4 Å². The van der Waals surface area contributed by atoms with E-state index in [0.717, 1.165) is 18.4 Å². The second-order valence-electron chi connectivity index (χ2n) is 5.32. The van der Waals surface area contributed by atoms with Gasteiger partial charge in [0.05, 0.1) is 6.10 Å². The number of hydrogen-bond acceptors (Lipinski definition) is 2. The van der Waals surface area contributed by atoms with Gasteiger partial charge in [0.25, 0.3) is 0 Å². The highest BCUT2D eigenvalue weighted by molar-refractivity contribution is 5.90. The predicted octanol–water partition coefficient (Wildman–Crippen LogP) is 3.65. The van der Waals surface area contributed by atoms with Crippen molar-refractivity contribution in [3.05, 3.63) is 29.3 Å². The average Bonchev–Trinajstić information content (AvgIpc) is 2.28. The first-order chi connectivity index (χ1) is 8.56. The third-order valence-electron chi connectivity index (χ3n) is 3.55. The normalized spacial score (nSPS) is 23.7. The lowest BCUT2D eigenvalue weighted by Gasteiger charge is -2.28. The van der Waals surface area contributed by atoms with Crippen LogP contribution < -0.4 is 4.74 Å². The van der Waals surface area contributed by atoms with Gasteiger partial charge >= 0.3 is 5.97 Å². The number of carboxylic acids is 1. The van der Waals surface area contributed by atoms with E-state index in [0.29, 0.717) is 11.7 Å². The molecule has 98 valence electrons. The van der Waals surface area contributed by atoms with Gasteiger partial charge in [-0.05, 0) is 49.8 Å². The zero-order valence-corrected chi connectivity index (χ0v) is 11.0. The molecule has 0 spiro atoms. The largest absolute Gasteiger partial charge is 0.490 e.